The van der Waals surface area contributed by atoms with Crippen molar-refractivity contribution < 1.29 is 4.74 Å². The number of nitrogens with zero attached hydrogens (tertiary/aromatic N) is 1. The summed E-state index contributed by atoms with van der Waals surface area (Å²) in [7, 11) is 0. The lowest BCUT2D eigenvalue weighted by molar-refractivity contribution is 0.317. The summed E-state index contributed by atoms with van der Waals surface area (Å²) in [6.07, 6.45) is 0.898. The molecule has 0 unspecified atom stereocenters. The van der Waals surface area contributed by atoms with E-state index in [2.05, 4.69) is 17.1 Å². The largest absolute Gasteiger partial charge is 0.475 e. The summed E-state index contributed by atoms with van der Waals surface area (Å²) < 4.78 is 5.67. The Morgan fingerprint density at radius 1 is 1.05 bits per heavy atom. The second kappa shape index (κ2) is 5.45. The Hall–Kier alpha value is -1.80. The first-order valence-corrected chi connectivity index (χ1v) is 6.70. The molecule has 0 fully saturated rings. The van der Waals surface area contributed by atoms with Crippen molar-refractivity contribution in [3.8, 4) is 0 Å². The molecule has 2 aromatic carbocycles. The number of ether oxygens (including phenoxy) is 1. The zero-order chi connectivity index (χ0) is 13.1. The van der Waals surface area contributed by atoms with E-state index in [4.69, 9.17) is 16.3 Å². The monoisotopic (exact) mass is 271 g/mol. The van der Waals surface area contributed by atoms with Crippen molar-refractivity contribution in [1.29, 1.82) is 0 Å². The normalized spacial score (nSPS) is 17.9. The highest BCUT2D eigenvalue weighted by Crippen LogP contribution is 2.21. The van der Waals surface area contributed by atoms with Crippen LogP contribution in [0, 0.1) is 0 Å². The van der Waals surface area contributed by atoms with Gasteiger partial charge in [-0.2, -0.15) is 0 Å². The molecule has 2 nitrogen and oxygen atoms in total. The summed E-state index contributed by atoms with van der Waals surface area (Å²) in [5, 5.41) is 0.682. The average Bonchev–Trinajstić information content (AvgIpc) is 2.89. The Morgan fingerprint density at radius 3 is 2.58 bits per heavy atom. The van der Waals surface area contributed by atoms with Gasteiger partial charge in [0.1, 0.15) is 6.61 Å². The predicted molar refractivity (Wildman–Crippen MR) is 77.9 cm³/mol. The summed E-state index contributed by atoms with van der Waals surface area (Å²) >= 11 is 6.15. The molecule has 0 spiro atoms. The number of hydrogen-bond donors (Lipinski definition) is 0. The first-order valence-electron chi connectivity index (χ1n) is 6.32. The predicted octanol–water partition coefficient (Wildman–Crippen LogP) is 3.73. The van der Waals surface area contributed by atoms with Gasteiger partial charge in [-0.3, -0.25) is 0 Å². The highest BCUT2D eigenvalue weighted by Gasteiger charge is 2.21. The molecule has 0 amide bonds. The van der Waals surface area contributed by atoms with Crippen LogP contribution >= 0.6 is 11.6 Å². The van der Waals surface area contributed by atoms with Crippen LogP contribution in [0.25, 0.3) is 0 Å². The Balaban J connectivity index is 1.77. The van der Waals surface area contributed by atoms with Gasteiger partial charge < -0.3 is 4.74 Å². The van der Waals surface area contributed by atoms with E-state index in [1.165, 1.54) is 5.56 Å². The molecule has 0 bridgehead atoms. The molecular formula is C16H14ClNO. The fourth-order valence-corrected chi connectivity index (χ4v) is 2.40. The van der Waals surface area contributed by atoms with E-state index >= 15 is 0 Å². The molecule has 1 aliphatic rings. The minimum Gasteiger partial charge on any atom is -0.475 e. The van der Waals surface area contributed by atoms with Crippen LogP contribution in [-0.4, -0.2) is 18.5 Å². The maximum Gasteiger partial charge on any atom is 0.218 e. The van der Waals surface area contributed by atoms with E-state index in [0.717, 1.165) is 12.0 Å². The average molecular weight is 272 g/mol. The molecule has 3 rings (SSSR count). The van der Waals surface area contributed by atoms with E-state index in [0.29, 0.717) is 17.5 Å². The lowest BCUT2D eigenvalue weighted by atomic mass is 10.1. The summed E-state index contributed by atoms with van der Waals surface area (Å²) in [6, 6.07) is 18.2. The molecule has 1 atom stereocenters. The van der Waals surface area contributed by atoms with Gasteiger partial charge in [-0.1, -0.05) is 54.1 Å². The van der Waals surface area contributed by atoms with Gasteiger partial charge in [0.05, 0.1) is 16.6 Å². The third kappa shape index (κ3) is 2.79. The molecule has 0 radical (unpaired) electrons. The first-order chi connectivity index (χ1) is 9.33. The minimum atomic E-state index is 0.175. The van der Waals surface area contributed by atoms with Crippen LogP contribution in [0.3, 0.4) is 0 Å². The van der Waals surface area contributed by atoms with Gasteiger partial charge in [-0.05, 0) is 24.1 Å². The number of benzene rings is 2. The maximum absolute atomic E-state index is 6.15. The molecule has 1 aliphatic heterocycles. The van der Waals surface area contributed by atoms with Crippen molar-refractivity contribution in [2.45, 2.75) is 12.5 Å². The molecule has 0 aromatic heterocycles. The smallest absolute Gasteiger partial charge is 0.218 e. The van der Waals surface area contributed by atoms with Gasteiger partial charge in [0.25, 0.3) is 0 Å². The SMILES string of the molecule is Clc1ccccc1C1=N[C@H](Cc2ccccc2)CO1. The summed E-state index contributed by atoms with van der Waals surface area (Å²) in [5.74, 6) is 0.659. The van der Waals surface area contributed by atoms with Crippen molar-refractivity contribution in [2.75, 3.05) is 6.61 Å². The molecule has 0 saturated heterocycles. The van der Waals surface area contributed by atoms with E-state index in [9.17, 15) is 0 Å². The third-order valence-corrected chi connectivity index (χ3v) is 3.46. The molecule has 19 heavy (non-hydrogen) atoms. The first kappa shape index (κ1) is 12.2. The molecule has 3 heteroatoms. The van der Waals surface area contributed by atoms with Crippen molar-refractivity contribution in [1.82, 2.24) is 0 Å². The van der Waals surface area contributed by atoms with Gasteiger partial charge in [-0.25, -0.2) is 4.99 Å². The van der Waals surface area contributed by atoms with E-state index in [-0.39, 0.29) is 6.04 Å². The Kier molecular flexibility index (Phi) is 3.51. The van der Waals surface area contributed by atoms with Crippen LogP contribution in [0.4, 0.5) is 0 Å². The number of hydrogen-bond acceptors (Lipinski definition) is 2. The zero-order valence-electron chi connectivity index (χ0n) is 10.4. The topological polar surface area (TPSA) is 21.6 Å². The molecule has 0 saturated carbocycles. The van der Waals surface area contributed by atoms with Crippen molar-refractivity contribution in [3.05, 3.63) is 70.7 Å². The van der Waals surface area contributed by atoms with E-state index < -0.39 is 0 Å². The molecule has 96 valence electrons. The summed E-state index contributed by atoms with van der Waals surface area (Å²) in [4.78, 5) is 4.62. The van der Waals surface area contributed by atoms with Crippen LogP contribution in [0.15, 0.2) is 59.6 Å². The van der Waals surface area contributed by atoms with E-state index in [1.807, 2.05) is 42.5 Å². The van der Waals surface area contributed by atoms with E-state index in [1.54, 1.807) is 0 Å². The van der Waals surface area contributed by atoms with Crippen LogP contribution in [0.2, 0.25) is 5.02 Å². The Bertz CT molecular complexity index is 595. The maximum atomic E-state index is 6.15. The van der Waals surface area contributed by atoms with Gasteiger partial charge >= 0.3 is 0 Å². The molecule has 1 heterocycles. The molecule has 0 aliphatic carbocycles. The third-order valence-electron chi connectivity index (χ3n) is 3.13. The van der Waals surface area contributed by atoms with Crippen molar-refractivity contribution in [3.63, 3.8) is 0 Å². The summed E-state index contributed by atoms with van der Waals surface area (Å²) in [6.45, 7) is 0.620. The Morgan fingerprint density at radius 2 is 1.79 bits per heavy atom. The number of halogens is 1. The second-order valence-corrected chi connectivity index (χ2v) is 4.98. The second-order valence-electron chi connectivity index (χ2n) is 4.57. The number of aliphatic imine (C=N–C) groups is 1. The standard InChI is InChI=1S/C16H14ClNO/c17-15-9-5-4-8-14(15)16-18-13(11-19-16)10-12-6-2-1-3-7-12/h1-9,13H,10-11H2/t13-/m1/s1. The van der Waals surface area contributed by atoms with Crippen molar-refractivity contribution >= 4 is 17.5 Å². The van der Waals surface area contributed by atoms with Crippen LogP contribution < -0.4 is 0 Å². The highest BCUT2D eigenvalue weighted by molar-refractivity contribution is 6.33. The highest BCUT2D eigenvalue weighted by atomic mass is 35.5. The fourth-order valence-electron chi connectivity index (χ4n) is 2.19. The lowest BCUT2D eigenvalue weighted by Gasteiger charge is -2.04. The van der Waals surface area contributed by atoms with Crippen LogP contribution in [0.1, 0.15) is 11.1 Å². The lowest BCUT2D eigenvalue weighted by Crippen LogP contribution is -2.09. The van der Waals surface area contributed by atoms with Crippen LogP contribution in [-0.2, 0) is 11.2 Å². The van der Waals surface area contributed by atoms with Crippen LogP contribution in [0.5, 0.6) is 0 Å². The molecule has 2 aromatic rings. The molecular weight excluding hydrogens is 258 g/mol. The summed E-state index contributed by atoms with van der Waals surface area (Å²) in [5.41, 5.74) is 2.15. The zero-order valence-corrected chi connectivity index (χ0v) is 11.2. The quantitative estimate of drug-likeness (QED) is 0.834. The fraction of sp³-hybridized carbons (Fsp3) is 0.188. The number of rotatable bonds is 3. The minimum absolute atomic E-state index is 0.175. The van der Waals surface area contributed by atoms with Gasteiger partial charge in [0.2, 0.25) is 5.90 Å². The van der Waals surface area contributed by atoms with Gasteiger partial charge in [0.15, 0.2) is 0 Å². The molecule has 0 N–H and O–H groups in total. The van der Waals surface area contributed by atoms with Crippen molar-refractivity contribution in [2.24, 2.45) is 4.99 Å². The Labute approximate surface area is 117 Å². The van der Waals surface area contributed by atoms with Gasteiger partial charge in [0, 0.05) is 0 Å². The van der Waals surface area contributed by atoms with Gasteiger partial charge in [-0.15, -0.1) is 0 Å².